The van der Waals surface area contributed by atoms with E-state index in [1.165, 1.54) is 11.0 Å². The van der Waals surface area contributed by atoms with Gasteiger partial charge in [-0.05, 0) is 35.1 Å². The molecule has 3 rings (SSSR count). The van der Waals surface area contributed by atoms with Crippen LogP contribution in [0.1, 0.15) is 37.8 Å². The van der Waals surface area contributed by atoms with E-state index in [4.69, 9.17) is 9.84 Å². The van der Waals surface area contributed by atoms with Crippen LogP contribution in [0.5, 0.6) is 0 Å². The molecule has 2 unspecified atom stereocenters. The molecule has 7 heteroatoms. The lowest BCUT2D eigenvalue weighted by Gasteiger charge is -2.31. The quantitative estimate of drug-likeness (QED) is 0.512. The van der Waals surface area contributed by atoms with Gasteiger partial charge in [-0.3, -0.25) is 9.59 Å². The lowest BCUT2D eigenvalue weighted by atomic mass is 9.88. The Morgan fingerprint density at radius 2 is 1.62 bits per heavy atom. The first-order valence-corrected chi connectivity index (χ1v) is 11.5. The zero-order valence-corrected chi connectivity index (χ0v) is 19.9. The van der Waals surface area contributed by atoms with Crippen LogP contribution in [0.25, 0.3) is 11.1 Å². The zero-order valence-electron chi connectivity index (χ0n) is 19.9. The number of nitrogens with one attached hydrogen (secondary N) is 1. The van der Waals surface area contributed by atoms with Crippen LogP contribution in [-0.4, -0.2) is 53.7 Å². The fraction of sp³-hybridized carbons (Fsp3) is 0.370. The van der Waals surface area contributed by atoms with Gasteiger partial charge in [0.15, 0.2) is 0 Å². The first-order chi connectivity index (χ1) is 16.2. The van der Waals surface area contributed by atoms with E-state index in [1.54, 1.807) is 6.92 Å². The molecule has 2 atom stereocenters. The molecule has 0 radical (unpaired) electrons. The summed E-state index contributed by atoms with van der Waals surface area (Å²) in [6.07, 6.45) is 0.878. The summed E-state index contributed by atoms with van der Waals surface area (Å²) in [5.74, 6) is -2.24. The van der Waals surface area contributed by atoms with Crippen LogP contribution in [0.3, 0.4) is 0 Å². The topological polar surface area (TPSA) is 95.9 Å². The second kappa shape index (κ2) is 11.0. The highest BCUT2D eigenvalue weighted by Gasteiger charge is 2.34. The van der Waals surface area contributed by atoms with E-state index in [1.807, 2.05) is 50.2 Å². The Balaban J connectivity index is 1.67. The molecule has 1 aliphatic carbocycles. The number of aliphatic carboxylic acids is 1. The van der Waals surface area contributed by atoms with E-state index in [-0.39, 0.29) is 30.9 Å². The predicted octanol–water partition coefficient (Wildman–Crippen LogP) is 4.29. The van der Waals surface area contributed by atoms with Gasteiger partial charge in [-0.2, -0.15) is 0 Å². The number of benzene rings is 2. The highest BCUT2D eigenvalue weighted by atomic mass is 16.5. The average Bonchev–Trinajstić information content (AvgIpc) is 3.10. The van der Waals surface area contributed by atoms with Crippen molar-refractivity contribution in [1.82, 2.24) is 10.2 Å². The minimum Gasteiger partial charge on any atom is -0.480 e. The number of hydrogen-bond acceptors (Lipinski definition) is 4. The number of hydrogen-bond donors (Lipinski definition) is 2. The summed E-state index contributed by atoms with van der Waals surface area (Å²) in [5.41, 5.74) is 4.53. The summed E-state index contributed by atoms with van der Waals surface area (Å²) in [5, 5.41) is 11.9. The molecular weight excluding hydrogens is 432 g/mol. The van der Waals surface area contributed by atoms with E-state index in [0.29, 0.717) is 0 Å². The molecule has 180 valence electrons. The maximum absolute atomic E-state index is 13.1. The first kappa shape index (κ1) is 25.0. The summed E-state index contributed by atoms with van der Waals surface area (Å²) >= 11 is 0. The Morgan fingerprint density at radius 3 is 2.12 bits per heavy atom. The SMILES string of the molecule is C=CCN(CC(=O)O)C(=O)C(C(C)C)C(C)NC(=O)OCC1c2ccccc2-c2ccccc21. The van der Waals surface area contributed by atoms with Crippen LogP contribution in [0, 0.1) is 11.8 Å². The minimum absolute atomic E-state index is 0.0605. The van der Waals surface area contributed by atoms with Crippen LogP contribution in [-0.2, 0) is 14.3 Å². The largest absolute Gasteiger partial charge is 0.480 e. The van der Waals surface area contributed by atoms with Crippen molar-refractivity contribution in [3.63, 3.8) is 0 Å². The lowest BCUT2D eigenvalue weighted by Crippen LogP contribution is -2.50. The fourth-order valence-electron chi connectivity index (χ4n) is 4.75. The molecule has 0 heterocycles. The summed E-state index contributed by atoms with van der Waals surface area (Å²) in [6.45, 7) is 8.94. The molecule has 1 aliphatic rings. The molecule has 0 saturated carbocycles. The molecule has 7 nitrogen and oxygen atoms in total. The number of ether oxygens (including phenoxy) is 1. The number of carboxylic acid groups (broad SMARTS) is 1. The van der Waals surface area contributed by atoms with Crippen molar-refractivity contribution >= 4 is 18.0 Å². The second-order valence-electron chi connectivity index (χ2n) is 8.93. The number of carbonyl (C=O) groups excluding carboxylic acids is 2. The Kier molecular flexibility index (Phi) is 8.10. The number of carbonyl (C=O) groups is 3. The van der Waals surface area contributed by atoms with Gasteiger partial charge in [0.2, 0.25) is 5.91 Å². The van der Waals surface area contributed by atoms with Gasteiger partial charge >= 0.3 is 12.1 Å². The molecular formula is C27H32N2O5. The highest BCUT2D eigenvalue weighted by Crippen LogP contribution is 2.44. The van der Waals surface area contributed by atoms with Gasteiger partial charge in [-0.25, -0.2) is 4.79 Å². The molecule has 2 aromatic carbocycles. The normalized spacial score (nSPS) is 14.0. The number of nitrogens with zero attached hydrogens (tertiary/aromatic N) is 1. The summed E-state index contributed by atoms with van der Waals surface area (Å²) in [4.78, 5) is 38.2. The molecule has 0 spiro atoms. The molecule has 34 heavy (non-hydrogen) atoms. The highest BCUT2D eigenvalue weighted by molar-refractivity contribution is 5.84. The number of carboxylic acids is 1. The Morgan fingerprint density at radius 1 is 1.06 bits per heavy atom. The summed E-state index contributed by atoms with van der Waals surface area (Å²) in [6, 6.07) is 15.6. The lowest BCUT2D eigenvalue weighted by molar-refractivity contribution is -0.147. The molecule has 2 amide bonds. The van der Waals surface area contributed by atoms with E-state index < -0.39 is 30.6 Å². The molecule has 0 aromatic heterocycles. The van der Waals surface area contributed by atoms with Crippen molar-refractivity contribution < 1.29 is 24.2 Å². The Hall–Kier alpha value is -3.61. The predicted molar refractivity (Wildman–Crippen MR) is 130 cm³/mol. The number of alkyl carbamates (subject to hydrolysis) is 1. The summed E-state index contributed by atoms with van der Waals surface area (Å²) < 4.78 is 5.61. The van der Waals surface area contributed by atoms with Crippen molar-refractivity contribution in [1.29, 1.82) is 0 Å². The fourth-order valence-corrected chi connectivity index (χ4v) is 4.75. The maximum Gasteiger partial charge on any atom is 0.407 e. The molecule has 0 fully saturated rings. The van der Waals surface area contributed by atoms with Crippen molar-refractivity contribution in [2.75, 3.05) is 19.7 Å². The van der Waals surface area contributed by atoms with Crippen molar-refractivity contribution in [2.24, 2.45) is 11.8 Å². The van der Waals surface area contributed by atoms with Crippen molar-refractivity contribution in [3.8, 4) is 11.1 Å². The van der Waals surface area contributed by atoms with Gasteiger partial charge in [0.05, 0.1) is 5.92 Å². The van der Waals surface area contributed by atoms with Crippen LogP contribution in [0.4, 0.5) is 4.79 Å². The Bertz CT molecular complexity index is 1020. The molecule has 2 N–H and O–H groups in total. The smallest absolute Gasteiger partial charge is 0.407 e. The standard InChI is InChI=1S/C27H32N2O5/c1-5-14-29(15-24(30)31)26(32)25(17(2)3)18(4)28-27(33)34-16-23-21-12-8-6-10-19(21)20-11-7-9-13-22(20)23/h5-13,17-18,23,25H,1,14-16H2,2-4H3,(H,28,33)(H,30,31). The third kappa shape index (κ3) is 5.47. The zero-order chi connectivity index (χ0) is 24.8. The minimum atomic E-state index is -1.10. The van der Waals surface area contributed by atoms with Crippen LogP contribution < -0.4 is 5.32 Å². The number of fused-ring (bicyclic) bond motifs is 3. The van der Waals surface area contributed by atoms with Crippen LogP contribution in [0.15, 0.2) is 61.2 Å². The monoisotopic (exact) mass is 464 g/mol. The van der Waals surface area contributed by atoms with Gasteiger partial charge in [-0.1, -0.05) is 68.5 Å². The Labute approximate surface area is 200 Å². The molecule has 0 bridgehead atoms. The average molecular weight is 465 g/mol. The van der Waals surface area contributed by atoms with Gasteiger partial charge in [0, 0.05) is 18.5 Å². The van der Waals surface area contributed by atoms with Gasteiger partial charge in [0.25, 0.3) is 0 Å². The van der Waals surface area contributed by atoms with Gasteiger partial charge < -0.3 is 20.1 Å². The van der Waals surface area contributed by atoms with Gasteiger partial charge in [-0.15, -0.1) is 6.58 Å². The first-order valence-electron chi connectivity index (χ1n) is 11.5. The third-order valence-electron chi connectivity index (χ3n) is 6.22. The molecule has 0 saturated heterocycles. The summed E-state index contributed by atoms with van der Waals surface area (Å²) in [7, 11) is 0. The van der Waals surface area contributed by atoms with Crippen LogP contribution in [0.2, 0.25) is 0 Å². The molecule has 2 aromatic rings. The van der Waals surface area contributed by atoms with E-state index >= 15 is 0 Å². The second-order valence-corrected chi connectivity index (χ2v) is 8.93. The molecule has 0 aliphatic heterocycles. The maximum atomic E-state index is 13.1. The number of amides is 2. The van der Waals surface area contributed by atoms with Gasteiger partial charge in [0.1, 0.15) is 13.2 Å². The van der Waals surface area contributed by atoms with E-state index in [9.17, 15) is 14.4 Å². The van der Waals surface area contributed by atoms with E-state index in [2.05, 4.69) is 24.0 Å². The van der Waals surface area contributed by atoms with Crippen LogP contribution >= 0.6 is 0 Å². The number of rotatable bonds is 10. The third-order valence-corrected chi connectivity index (χ3v) is 6.22. The van der Waals surface area contributed by atoms with E-state index in [0.717, 1.165) is 22.3 Å². The van der Waals surface area contributed by atoms with Crippen molar-refractivity contribution in [2.45, 2.75) is 32.7 Å². The van der Waals surface area contributed by atoms with Crippen molar-refractivity contribution in [3.05, 3.63) is 72.3 Å².